The average molecular weight is 199 g/mol. The fourth-order valence-corrected chi connectivity index (χ4v) is 1.43. The van der Waals surface area contributed by atoms with Crippen LogP contribution in [0.5, 0.6) is 5.75 Å². The van der Waals surface area contributed by atoms with Crippen LogP contribution in [-0.2, 0) is 4.74 Å². The minimum absolute atomic E-state index is 0.192. The largest absolute Gasteiger partial charge is 0.491 e. The third kappa shape index (κ3) is 2.36. The van der Waals surface area contributed by atoms with Gasteiger partial charge in [0.05, 0.1) is 5.88 Å². The number of hydrogen-bond acceptors (Lipinski definition) is 2. The molecule has 1 fully saturated rings. The zero-order chi connectivity index (χ0) is 9.10. The Bertz CT molecular complexity index is 263. The number of rotatable bonds is 4. The molecule has 1 heterocycles. The molecule has 0 amide bonds. The second kappa shape index (κ2) is 3.99. The van der Waals surface area contributed by atoms with Crippen molar-refractivity contribution in [2.24, 2.45) is 0 Å². The molecule has 1 aliphatic heterocycles. The summed E-state index contributed by atoms with van der Waals surface area (Å²) < 4.78 is 10.7. The van der Waals surface area contributed by atoms with Gasteiger partial charge in [0.1, 0.15) is 24.6 Å². The van der Waals surface area contributed by atoms with Crippen LogP contribution in [-0.4, -0.2) is 24.7 Å². The van der Waals surface area contributed by atoms with Gasteiger partial charge in [0.25, 0.3) is 0 Å². The van der Waals surface area contributed by atoms with Crippen molar-refractivity contribution in [3.8, 4) is 5.75 Å². The predicted molar refractivity (Wildman–Crippen MR) is 51.3 cm³/mol. The van der Waals surface area contributed by atoms with Gasteiger partial charge in [-0.25, -0.2) is 0 Å². The van der Waals surface area contributed by atoms with Crippen molar-refractivity contribution in [3.05, 3.63) is 30.3 Å². The molecule has 0 N–H and O–H groups in total. The maximum atomic E-state index is 5.59. The van der Waals surface area contributed by atoms with Gasteiger partial charge >= 0.3 is 0 Å². The van der Waals surface area contributed by atoms with Gasteiger partial charge in [0.2, 0.25) is 0 Å². The quantitative estimate of drug-likeness (QED) is 0.546. The minimum atomic E-state index is 0.192. The van der Waals surface area contributed by atoms with Gasteiger partial charge in [-0.15, -0.1) is 11.6 Å². The van der Waals surface area contributed by atoms with E-state index < -0.39 is 0 Å². The molecule has 0 saturated carbocycles. The fourth-order valence-electron chi connectivity index (χ4n) is 1.16. The van der Waals surface area contributed by atoms with E-state index in [0.717, 1.165) is 5.75 Å². The van der Waals surface area contributed by atoms with Crippen molar-refractivity contribution in [3.63, 3.8) is 0 Å². The normalized spacial score (nSPS) is 25.6. The average Bonchev–Trinajstić information content (AvgIpc) is 2.95. The Morgan fingerprint density at radius 3 is 2.62 bits per heavy atom. The lowest BCUT2D eigenvalue weighted by Gasteiger charge is -2.02. The van der Waals surface area contributed by atoms with Gasteiger partial charge in [-0.05, 0) is 12.1 Å². The Morgan fingerprint density at radius 2 is 2.00 bits per heavy atom. The van der Waals surface area contributed by atoms with E-state index in [-0.39, 0.29) is 12.2 Å². The molecule has 0 aliphatic carbocycles. The molecule has 0 unspecified atom stereocenters. The minimum Gasteiger partial charge on any atom is -0.491 e. The van der Waals surface area contributed by atoms with Crippen molar-refractivity contribution >= 4 is 11.6 Å². The molecule has 0 radical (unpaired) electrons. The predicted octanol–water partition coefficient (Wildman–Crippen LogP) is 2.07. The molecule has 3 heteroatoms. The summed E-state index contributed by atoms with van der Waals surface area (Å²) in [5.41, 5.74) is 0. The summed E-state index contributed by atoms with van der Waals surface area (Å²) in [6, 6.07) is 9.71. The lowest BCUT2D eigenvalue weighted by Crippen LogP contribution is -2.07. The Balaban J connectivity index is 1.75. The summed E-state index contributed by atoms with van der Waals surface area (Å²) in [5, 5.41) is 0. The summed E-state index contributed by atoms with van der Waals surface area (Å²) in [7, 11) is 0. The van der Waals surface area contributed by atoms with Crippen LogP contribution in [0.15, 0.2) is 30.3 Å². The van der Waals surface area contributed by atoms with Crippen LogP contribution in [0.3, 0.4) is 0 Å². The zero-order valence-corrected chi connectivity index (χ0v) is 7.91. The molecule has 70 valence electrons. The molecule has 13 heavy (non-hydrogen) atoms. The highest BCUT2D eigenvalue weighted by Crippen LogP contribution is 2.24. The van der Waals surface area contributed by atoms with Crippen molar-refractivity contribution in [1.29, 1.82) is 0 Å². The summed E-state index contributed by atoms with van der Waals surface area (Å²) in [6.07, 6.45) is 0.392. The molecule has 2 nitrogen and oxygen atoms in total. The molecular formula is C10H11ClO2. The van der Waals surface area contributed by atoms with E-state index in [4.69, 9.17) is 21.1 Å². The van der Waals surface area contributed by atoms with Crippen molar-refractivity contribution in [1.82, 2.24) is 0 Å². The number of epoxide rings is 1. The lowest BCUT2D eigenvalue weighted by molar-refractivity contribution is 0.261. The first kappa shape index (κ1) is 8.85. The summed E-state index contributed by atoms with van der Waals surface area (Å²) in [4.78, 5) is 0. The first-order valence-corrected chi connectivity index (χ1v) is 4.83. The topological polar surface area (TPSA) is 21.8 Å². The van der Waals surface area contributed by atoms with E-state index in [2.05, 4.69) is 0 Å². The van der Waals surface area contributed by atoms with E-state index in [1.807, 2.05) is 30.3 Å². The van der Waals surface area contributed by atoms with Crippen LogP contribution in [0.25, 0.3) is 0 Å². The highest BCUT2D eigenvalue weighted by Gasteiger charge is 2.38. The second-order valence-corrected chi connectivity index (χ2v) is 3.30. The zero-order valence-electron chi connectivity index (χ0n) is 7.15. The highest BCUT2D eigenvalue weighted by atomic mass is 35.5. The van der Waals surface area contributed by atoms with Gasteiger partial charge in [0.15, 0.2) is 0 Å². The maximum Gasteiger partial charge on any atom is 0.119 e. The van der Waals surface area contributed by atoms with Gasteiger partial charge in [0, 0.05) is 0 Å². The number of ether oxygens (including phenoxy) is 2. The number of halogens is 1. The van der Waals surface area contributed by atoms with Crippen molar-refractivity contribution < 1.29 is 9.47 Å². The van der Waals surface area contributed by atoms with E-state index >= 15 is 0 Å². The van der Waals surface area contributed by atoms with E-state index in [1.165, 1.54) is 0 Å². The molecule has 1 aliphatic rings. The molecule has 2 atom stereocenters. The summed E-state index contributed by atoms with van der Waals surface area (Å²) in [5.74, 6) is 1.44. The highest BCUT2D eigenvalue weighted by molar-refractivity contribution is 6.18. The van der Waals surface area contributed by atoms with Crippen molar-refractivity contribution in [2.45, 2.75) is 12.2 Å². The Morgan fingerprint density at radius 1 is 1.23 bits per heavy atom. The van der Waals surface area contributed by atoms with Gasteiger partial charge < -0.3 is 9.47 Å². The first-order chi connectivity index (χ1) is 6.40. The van der Waals surface area contributed by atoms with E-state index in [0.29, 0.717) is 12.5 Å². The van der Waals surface area contributed by atoms with E-state index in [1.54, 1.807) is 0 Å². The lowest BCUT2D eigenvalue weighted by atomic mass is 10.3. The van der Waals surface area contributed by atoms with E-state index in [9.17, 15) is 0 Å². The molecule has 2 rings (SSSR count). The Kier molecular flexibility index (Phi) is 2.71. The Labute approximate surface area is 82.4 Å². The molecule has 0 spiro atoms. The molecule has 0 bridgehead atoms. The number of para-hydroxylation sites is 1. The smallest absolute Gasteiger partial charge is 0.119 e. The molecule has 1 aromatic rings. The SMILES string of the molecule is ClC[C@@H]1O[C@H]1COc1ccccc1. The van der Waals surface area contributed by atoms with Crippen LogP contribution in [0.4, 0.5) is 0 Å². The van der Waals surface area contributed by atoms with Crippen molar-refractivity contribution in [2.75, 3.05) is 12.5 Å². The number of hydrogen-bond donors (Lipinski definition) is 0. The molecule has 1 aromatic carbocycles. The molecule has 0 aromatic heterocycles. The van der Waals surface area contributed by atoms with Crippen LogP contribution in [0.1, 0.15) is 0 Å². The second-order valence-electron chi connectivity index (χ2n) is 2.99. The van der Waals surface area contributed by atoms with Crippen LogP contribution in [0.2, 0.25) is 0 Å². The first-order valence-electron chi connectivity index (χ1n) is 4.29. The Hall–Kier alpha value is -0.730. The monoisotopic (exact) mass is 198 g/mol. The molecular weight excluding hydrogens is 188 g/mol. The summed E-state index contributed by atoms with van der Waals surface area (Å²) >= 11 is 5.59. The fraction of sp³-hybridized carbons (Fsp3) is 0.400. The van der Waals surface area contributed by atoms with Crippen LogP contribution < -0.4 is 4.74 Å². The maximum absolute atomic E-state index is 5.59. The van der Waals surface area contributed by atoms with Gasteiger partial charge in [-0.1, -0.05) is 18.2 Å². The molecule has 1 saturated heterocycles. The third-order valence-corrected chi connectivity index (χ3v) is 2.30. The van der Waals surface area contributed by atoms with Crippen LogP contribution >= 0.6 is 11.6 Å². The van der Waals surface area contributed by atoms with Crippen LogP contribution in [0, 0.1) is 0 Å². The van der Waals surface area contributed by atoms with Gasteiger partial charge in [-0.3, -0.25) is 0 Å². The number of benzene rings is 1. The third-order valence-electron chi connectivity index (χ3n) is 2.00. The summed E-state index contributed by atoms with van der Waals surface area (Å²) in [6.45, 7) is 0.599. The van der Waals surface area contributed by atoms with Gasteiger partial charge in [-0.2, -0.15) is 0 Å². The number of alkyl halides is 1. The standard InChI is InChI=1S/C10H11ClO2/c11-6-9-10(13-9)7-12-8-4-2-1-3-5-8/h1-5,9-10H,6-7H2/t9-,10-/m0/s1.